The second-order valence-corrected chi connectivity index (χ2v) is 7.95. The number of ether oxygens (including phenoxy) is 1. The molecule has 1 fully saturated rings. The van der Waals surface area contributed by atoms with E-state index >= 15 is 0 Å². The molecule has 1 amide bonds. The zero-order valence-electron chi connectivity index (χ0n) is 16.4. The number of rotatable bonds is 5. The first kappa shape index (κ1) is 19.1. The fraction of sp³-hybridized carbons (Fsp3) is 0.842. The van der Waals surface area contributed by atoms with Gasteiger partial charge in [0.25, 0.3) is 0 Å². The van der Waals surface area contributed by atoms with E-state index in [1.807, 2.05) is 16.4 Å². The Hall–Kier alpha value is -1.63. The lowest BCUT2D eigenvalue weighted by molar-refractivity contribution is -0.137. The van der Waals surface area contributed by atoms with Crippen LogP contribution in [0.15, 0.2) is 4.79 Å². The minimum atomic E-state index is -0.0153. The molecular formula is C19H32N4O3. The highest BCUT2D eigenvalue weighted by molar-refractivity contribution is 5.78. The van der Waals surface area contributed by atoms with E-state index in [9.17, 15) is 9.59 Å². The Bertz CT molecular complexity index is 685. The van der Waals surface area contributed by atoms with Crippen molar-refractivity contribution in [1.82, 2.24) is 19.2 Å². The first-order valence-corrected chi connectivity index (χ1v) is 9.94. The summed E-state index contributed by atoms with van der Waals surface area (Å²) in [7, 11) is 1.63. The van der Waals surface area contributed by atoms with E-state index in [-0.39, 0.29) is 17.0 Å². The highest BCUT2D eigenvalue weighted by Gasteiger charge is 2.38. The average Bonchev–Trinajstić information content (AvgIpc) is 2.86. The van der Waals surface area contributed by atoms with E-state index in [1.54, 1.807) is 7.11 Å². The summed E-state index contributed by atoms with van der Waals surface area (Å²) >= 11 is 0. The van der Waals surface area contributed by atoms with Gasteiger partial charge in [-0.2, -0.15) is 5.10 Å². The van der Waals surface area contributed by atoms with Crippen LogP contribution in [0.4, 0.5) is 0 Å². The maximum Gasteiger partial charge on any atom is 0.345 e. The summed E-state index contributed by atoms with van der Waals surface area (Å²) in [5.41, 5.74) is 0.231. The van der Waals surface area contributed by atoms with E-state index in [1.165, 1.54) is 4.68 Å². The van der Waals surface area contributed by atoms with Crippen LogP contribution in [0.5, 0.6) is 0 Å². The molecule has 3 heterocycles. The summed E-state index contributed by atoms with van der Waals surface area (Å²) in [6.45, 7) is 7.53. The number of methoxy groups -OCH3 is 1. The average molecular weight is 364 g/mol. The van der Waals surface area contributed by atoms with Crippen LogP contribution in [-0.2, 0) is 29.0 Å². The lowest BCUT2D eigenvalue weighted by Crippen LogP contribution is -2.45. The monoisotopic (exact) mass is 364 g/mol. The molecule has 0 aliphatic carbocycles. The normalized spacial score (nSPS) is 20.7. The van der Waals surface area contributed by atoms with Gasteiger partial charge in [-0.25, -0.2) is 9.48 Å². The number of carbonyl (C=O) groups excluding carboxylic acids is 1. The predicted octanol–water partition coefficient (Wildman–Crippen LogP) is 1.68. The molecule has 3 rings (SSSR count). The van der Waals surface area contributed by atoms with Gasteiger partial charge in [-0.05, 0) is 37.5 Å². The van der Waals surface area contributed by atoms with Crippen LogP contribution in [0.1, 0.15) is 51.8 Å². The van der Waals surface area contributed by atoms with Gasteiger partial charge < -0.3 is 9.64 Å². The molecule has 1 aromatic heterocycles. The third-order valence-corrected chi connectivity index (χ3v) is 6.42. The van der Waals surface area contributed by atoms with E-state index in [2.05, 4.69) is 12.0 Å². The Kier molecular flexibility index (Phi) is 5.85. The summed E-state index contributed by atoms with van der Waals surface area (Å²) in [5, 5.41) is 4.53. The van der Waals surface area contributed by atoms with Gasteiger partial charge in [0, 0.05) is 39.1 Å². The fourth-order valence-electron chi connectivity index (χ4n) is 4.26. The maximum absolute atomic E-state index is 12.5. The van der Waals surface area contributed by atoms with Crippen molar-refractivity contribution in [3.8, 4) is 0 Å². The molecule has 146 valence electrons. The van der Waals surface area contributed by atoms with Crippen molar-refractivity contribution in [3.05, 3.63) is 16.3 Å². The van der Waals surface area contributed by atoms with Crippen LogP contribution in [0.25, 0.3) is 0 Å². The summed E-state index contributed by atoms with van der Waals surface area (Å²) in [6, 6.07) is 0. The zero-order chi connectivity index (χ0) is 18.7. The number of amides is 1. The molecule has 7 nitrogen and oxygen atoms in total. The molecule has 1 atom stereocenters. The number of piperidine rings is 1. The highest BCUT2D eigenvalue weighted by atomic mass is 16.5. The van der Waals surface area contributed by atoms with Gasteiger partial charge in [0.2, 0.25) is 5.91 Å². The number of aryl methyl sites for hydroxylation is 1. The Labute approximate surface area is 155 Å². The molecule has 1 unspecified atom stereocenters. The van der Waals surface area contributed by atoms with Gasteiger partial charge >= 0.3 is 5.69 Å². The molecule has 0 aromatic carbocycles. The Morgan fingerprint density at radius 1 is 1.23 bits per heavy atom. The smallest absolute Gasteiger partial charge is 0.345 e. The predicted molar refractivity (Wildman–Crippen MR) is 99.0 cm³/mol. The molecule has 0 radical (unpaired) electrons. The van der Waals surface area contributed by atoms with Gasteiger partial charge in [0.05, 0.1) is 13.2 Å². The molecule has 0 bridgehead atoms. The van der Waals surface area contributed by atoms with Crippen LogP contribution in [0.2, 0.25) is 0 Å². The SMILES string of the molecule is CCC(C)C(=O)N1CCC2(CCc3nn(CCOC)c(=O)n3CC2)CC1. The van der Waals surface area contributed by atoms with E-state index in [4.69, 9.17) is 4.74 Å². The van der Waals surface area contributed by atoms with E-state index in [0.717, 1.165) is 64.0 Å². The van der Waals surface area contributed by atoms with Gasteiger partial charge in [-0.15, -0.1) is 0 Å². The number of hydrogen-bond acceptors (Lipinski definition) is 4. The summed E-state index contributed by atoms with van der Waals surface area (Å²) in [5.74, 6) is 1.32. The lowest BCUT2D eigenvalue weighted by Gasteiger charge is -2.42. The molecular weight excluding hydrogens is 332 g/mol. The third kappa shape index (κ3) is 3.72. The van der Waals surface area contributed by atoms with Crippen molar-refractivity contribution < 1.29 is 9.53 Å². The first-order chi connectivity index (χ1) is 12.5. The summed E-state index contributed by atoms with van der Waals surface area (Å²) in [6.07, 6.45) is 5.88. The van der Waals surface area contributed by atoms with Crippen molar-refractivity contribution in [2.75, 3.05) is 26.8 Å². The molecule has 2 aliphatic rings. The van der Waals surface area contributed by atoms with Crippen LogP contribution < -0.4 is 5.69 Å². The minimum absolute atomic E-state index is 0.0153. The number of nitrogens with zero attached hydrogens (tertiary/aromatic N) is 4. The Balaban J connectivity index is 1.63. The van der Waals surface area contributed by atoms with Gasteiger partial charge in [0.1, 0.15) is 5.82 Å². The van der Waals surface area contributed by atoms with Crippen LogP contribution in [-0.4, -0.2) is 52.0 Å². The topological polar surface area (TPSA) is 69.4 Å². The van der Waals surface area contributed by atoms with Crippen molar-refractivity contribution in [1.29, 1.82) is 0 Å². The molecule has 2 aliphatic heterocycles. The molecule has 0 saturated carbocycles. The molecule has 1 spiro atoms. The lowest BCUT2D eigenvalue weighted by atomic mass is 9.72. The minimum Gasteiger partial charge on any atom is -0.383 e. The van der Waals surface area contributed by atoms with E-state index < -0.39 is 0 Å². The molecule has 26 heavy (non-hydrogen) atoms. The molecule has 1 aromatic rings. The number of aromatic nitrogens is 3. The van der Waals surface area contributed by atoms with E-state index in [0.29, 0.717) is 19.1 Å². The quantitative estimate of drug-likeness (QED) is 0.797. The fourth-order valence-corrected chi connectivity index (χ4v) is 4.26. The van der Waals surface area contributed by atoms with Crippen LogP contribution in [0, 0.1) is 11.3 Å². The highest BCUT2D eigenvalue weighted by Crippen LogP contribution is 2.41. The standard InChI is InChI=1S/C19H32N4O3/c1-4-15(2)17(24)21-10-7-19(8-11-21)6-5-16-20-23(13-14-26-3)18(25)22(16)12-9-19/h15H,4-14H2,1-3H3. The molecule has 1 saturated heterocycles. The Morgan fingerprint density at radius 3 is 2.58 bits per heavy atom. The van der Waals surface area contributed by atoms with Crippen molar-refractivity contribution in [2.24, 2.45) is 11.3 Å². The van der Waals surface area contributed by atoms with Crippen LogP contribution in [0.3, 0.4) is 0 Å². The second-order valence-electron chi connectivity index (χ2n) is 7.95. The largest absolute Gasteiger partial charge is 0.383 e. The second kappa shape index (κ2) is 7.94. The van der Waals surface area contributed by atoms with Crippen LogP contribution >= 0.6 is 0 Å². The van der Waals surface area contributed by atoms with Crippen molar-refractivity contribution in [2.45, 2.75) is 65.5 Å². The number of likely N-dealkylation sites (tertiary alicyclic amines) is 1. The van der Waals surface area contributed by atoms with Gasteiger partial charge in [-0.1, -0.05) is 13.8 Å². The van der Waals surface area contributed by atoms with Crippen molar-refractivity contribution in [3.63, 3.8) is 0 Å². The first-order valence-electron chi connectivity index (χ1n) is 9.94. The summed E-state index contributed by atoms with van der Waals surface area (Å²) in [4.78, 5) is 27.0. The van der Waals surface area contributed by atoms with Gasteiger partial charge in [-0.3, -0.25) is 9.36 Å². The molecule has 0 N–H and O–H groups in total. The Morgan fingerprint density at radius 2 is 1.92 bits per heavy atom. The zero-order valence-corrected chi connectivity index (χ0v) is 16.4. The summed E-state index contributed by atoms with van der Waals surface area (Å²) < 4.78 is 8.44. The number of hydrogen-bond donors (Lipinski definition) is 0. The number of carbonyl (C=O) groups is 1. The number of fused-ring (bicyclic) bond motifs is 1. The van der Waals surface area contributed by atoms with Gasteiger partial charge in [0.15, 0.2) is 0 Å². The third-order valence-electron chi connectivity index (χ3n) is 6.42. The maximum atomic E-state index is 12.5. The molecule has 7 heteroatoms. The van der Waals surface area contributed by atoms with Crippen molar-refractivity contribution >= 4 is 5.91 Å².